The molecule has 1 aromatic rings. The maximum Gasteiger partial charge on any atom is 0.165 e. The monoisotopic (exact) mass is 253 g/mol. The largest absolute Gasteiger partial charge is 0.494 e. The summed E-state index contributed by atoms with van der Waals surface area (Å²) in [6.45, 7) is 0.490. The molecule has 1 aliphatic rings. The van der Waals surface area contributed by atoms with Crippen LogP contribution >= 0.6 is 0 Å². The fourth-order valence-corrected chi connectivity index (χ4v) is 2.55. The first-order chi connectivity index (χ1) is 8.65. The summed E-state index contributed by atoms with van der Waals surface area (Å²) in [5.74, 6) is 0.347. The summed E-state index contributed by atoms with van der Waals surface area (Å²) >= 11 is 0. The van der Waals surface area contributed by atoms with Crippen LogP contribution in [0.15, 0.2) is 18.2 Å². The zero-order valence-corrected chi connectivity index (χ0v) is 10.7. The molecule has 0 bridgehead atoms. The first-order valence-corrected chi connectivity index (χ1v) is 6.28. The molecule has 1 aromatic carbocycles. The quantitative estimate of drug-likeness (QED) is 0.811. The van der Waals surface area contributed by atoms with Crippen molar-refractivity contribution in [2.45, 2.75) is 19.3 Å². The van der Waals surface area contributed by atoms with Crippen molar-refractivity contribution >= 4 is 0 Å². The first kappa shape index (κ1) is 13.3. The fraction of sp³-hybridized carbons (Fsp3) is 0.571. The Bertz CT molecular complexity index is 414. The van der Waals surface area contributed by atoms with Gasteiger partial charge in [-0.1, -0.05) is 6.07 Å². The second-order valence-electron chi connectivity index (χ2n) is 5.14. The minimum Gasteiger partial charge on any atom is -0.494 e. The number of halogens is 1. The van der Waals surface area contributed by atoms with Gasteiger partial charge in [-0.3, -0.25) is 0 Å². The number of ether oxygens (including phenoxy) is 1. The van der Waals surface area contributed by atoms with E-state index in [1.54, 1.807) is 6.07 Å². The molecule has 4 heteroatoms. The minimum absolute atomic E-state index is 0.0574. The highest BCUT2D eigenvalue weighted by atomic mass is 19.1. The molecule has 0 spiro atoms. The van der Waals surface area contributed by atoms with Gasteiger partial charge in [0.25, 0.3) is 0 Å². The Morgan fingerprint density at radius 1 is 1.50 bits per heavy atom. The van der Waals surface area contributed by atoms with Crippen LogP contribution in [0.4, 0.5) is 4.39 Å². The van der Waals surface area contributed by atoms with Crippen LogP contribution in [0.1, 0.15) is 18.4 Å². The molecule has 0 aromatic heterocycles. The Labute approximate surface area is 107 Å². The van der Waals surface area contributed by atoms with Crippen molar-refractivity contribution in [1.82, 2.24) is 0 Å². The van der Waals surface area contributed by atoms with Crippen molar-refractivity contribution in [3.8, 4) is 5.75 Å². The first-order valence-electron chi connectivity index (χ1n) is 6.28. The molecule has 3 nitrogen and oxygen atoms in total. The maximum absolute atomic E-state index is 13.6. The molecule has 0 radical (unpaired) electrons. The van der Waals surface area contributed by atoms with E-state index in [4.69, 9.17) is 10.5 Å². The molecule has 2 rings (SSSR count). The number of benzene rings is 1. The number of hydrogen-bond donors (Lipinski definition) is 2. The Kier molecular flexibility index (Phi) is 3.88. The average molecular weight is 253 g/mol. The van der Waals surface area contributed by atoms with E-state index < -0.39 is 0 Å². The summed E-state index contributed by atoms with van der Waals surface area (Å²) in [7, 11) is 1.44. The zero-order chi connectivity index (χ0) is 13.2. The molecule has 100 valence electrons. The Morgan fingerprint density at radius 2 is 2.22 bits per heavy atom. The number of rotatable bonds is 6. The molecule has 0 aliphatic heterocycles. The standard InChI is InChI=1S/C14H20FNO2/c1-18-13-5-2-10(6-12(13)15)7-14(8-16,9-17)11-3-4-11/h2,5-6,11,17H,3-4,7-9,16H2,1H3. The smallest absolute Gasteiger partial charge is 0.165 e. The van der Waals surface area contributed by atoms with Crippen LogP contribution in [0.2, 0.25) is 0 Å². The van der Waals surface area contributed by atoms with E-state index in [2.05, 4.69) is 0 Å². The molecule has 18 heavy (non-hydrogen) atoms. The third-order valence-corrected chi connectivity index (χ3v) is 3.94. The van der Waals surface area contributed by atoms with E-state index in [9.17, 15) is 9.50 Å². The Morgan fingerprint density at radius 3 is 2.67 bits per heavy atom. The third kappa shape index (κ3) is 2.49. The van der Waals surface area contributed by atoms with Gasteiger partial charge in [0.05, 0.1) is 13.7 Å². The van der Waals surface area contributed by atoms with Gasteiger partial charge in [0.15, 0.2) is 11.6 Å². The average Bonchev–Trinajstić information content (AvgIpc) is 3.21. The minimum atomic E-state index is -0.366. The van der Waals surface area contributed by atoms with E-state index in [0.29, 0.717) is 18.9 Å². The predicted molar refractivity (Wildman–Crippen MR) is 68.0 cm³/mol. The lowest BCUT2D eigenvalue weighted by atomic mass is 9.78. The molecule has 3 N–H and O–H groups in total. The lowest BCUT2D eigenvalue weighted by Gasteiger charge is -2.30. The van der Waals surface area contributed by atoms with Gasteiger partial charge in [-0.25, -0.2) is 4.39 Å². The van der Waals surface area contributed by atoms with Crippen molar-refractivity contribution in [2.24, 2.45) is 17.1 Å². The Balaban J connectivity index is 2.18. The van der Waals surface area contributed by atoms with Gasteiger partial charge in [0.1, 0.15) is 0 Å². The summed E-state index contributed by atoms with van der Waals surface area (Å²) < 4.78 is 18.5. The van der Waals surface area contributed by atoms with Crippen LogP contribution < -0.4 is 10.5 Å². The zero-order valence-electron chi connectivity index (χ0n) is 10.7. The van der Waals surface area contributed by atoms with Gasteiger partial charge in [0.2, 0.25) is 0 Å². The SMILES string of the molecule is COc1ccc(CC(CN)(CO)C2CC2)cc1F. The number of hydrogen-bond acceptors (Lipinski definition) is 3. The van der Waals surface area contributed by atoms with Gasteiger partial charge in [-0.15, -0.1) is 0 Å². The van der Waals surface area contributed by atoms with Crippen LogP contribution in [0.25, 0.3) is 0 Å². The lowest BCUT2D eigenvalue weighted by molar-refractivity contribution is 0.109. The predicted octanol–water partition coefficient (Wildman–Crippen LogP) is 1.72. The van der Waals surface area contributed by atoms with Crippen LogP contribution in [0, 0.1) is 17.2 Å². The van der Waals surface area contributed by atoms with Crippen LogP contribution in [-0.4, -0.2) is 25.4 Å². The van der Waals surface area contributed by atoms with Crippen molar-refractivity contribution < 1.29 is 14.2 Å². The van der Waals surface area contributed by atoms with Crippen molar-refractivity contribution in [3.63, 3.8) is 0 Å². The number of nitrogens with two attached hydrogens (primary N) is 1. The molecular formula is C14H20FNO2. The normalized spacial score (nSPS) is 18.4. The molecule has 1 unspecified atom stereocenters. The highest BCUT2D eigenvalue weighted by molar-refractivity contribution is 5.30. The second kappa shape index (κ2) is 5.24. The number of aliphatic hydroxyl groups excluding tert-OH is 1. The van der Waals surface area contributed by atoms with Crippen molar-refractivity contribution in [2.75, 3.05) is 20.3 Å². The summed E-state index contributed by atoms with van der Waals surface area (Å²) in [4.78, 5) is 0. The highest BCUT2D eigenvalue weighted by Crippen LogP contribution is 2.46. The van der Waals surface area contributed by atoms with Gasteiger partial charge in [-0.2, -0.15) is 0 Å². The second-order valence-corrected chi connectivity index (χ2v) is 5.14. The van der Waals surface area contributed by atoms with E-state index in [0.717, 1.165) is 18.4 Å². The fourth-order valence-electron chi connectivity index (χ4n) is 2.55. The van der Waals surface area contributed by atoms with Gasteiger partial charge >= 0.3 is 0 Å². The van der Waals surface area contributed by atoms with Gasteiger partial charge in [0, 0.05) is 12.0 Å². The Hall–Kier alpha value is -1.13. The summed E-state index contributed by atoms with van der Waals surface area (Å²) in [5.41, 5.74) is 6.39. The summed E-state index contributed by atoms with van der Waals surface area (Å²) in [6.07, 6.45) is 2.83. The molecule has 0 saturated heterocycles. The molecule has 0 heterocycles. The van der Waals surface area contributed by atoms with Crippen LogP contribution in [0.5, 0.6) is 5.75 Å². The molecule has 1 atom stereocenters. The van der Waals surface area contributed by atoms with E-state index in [1.165, 1.54) is 13.2 Å². The van der Waals surface area contributed by atoms with E-state index in [-0.39, 0.29) is 23.6 Å². The molecule has 1 saturated carbocycles. The number of methoxy groups -OCH3 is 1. The van der Waals surface area contributed by atoms with Gasteiger partial charge < -0.3 is 15.6 Å². The van der Waals surface area contributed by atoms with E-state index >= 15 is 0 Å². The van der Waals surface area contributed by atoms with E-state index in [1.807, 2.05) is 6.07 Å². The molecule has 1 fully saturated rings. The molecule has 1 aliphatic carbocycles. The topological polar surface area (TPSA) is 55.5 Å². The summed E-state index contributed by atoms with van der Waals surface area (Å²) in [6, 6.07) is 4.93. The van der Waals surface area contributed by atoms with Crippen molar-refractivity contribution in [1.29, 1.82) is 0 Å². The molecule has 0 amide bonds. The summed E-state index contributed by atoms with van der Waals surface area (Å²) in [5, 5.41) is 9.62. The van der Waals surface area contributed by atoms with Crippen LogP contribution in [-0.2, 0) is 6.42 Å². The number of aliphatic hydroxyl groups is 1. The van der Waals surface area contributed by atoms with Gasteiger partial charge in [-0.05, 0) is 42.9 Å². The lowest BCUT2D eigenvalue weighted by Crippen LogP contribution is -2.38. The highest BCUT2D eigenvalue weighted by Gasteiger charge is 2.43. The third-order valence-electron chi connectivity index (χ3n) is 3.94. The molecular weight excluding hydrogens is 233 g/mol. The maximum atomic E-state index is 13.6. The van der Waals surface area contributed by atoms with Crippen molar-refractivity contribution in [3.05, 3.63) is 29.6 Å². The van der Waals surface area contributed by atoms with Crippen LogP contribution in [0.3, 0.4) is 0 Å².